The normalized spacial score (nSPS) is 12.5. The molecule has 0 fully saturated rings. The van der Waals surface area contributed by atoms with Gasteiger partial charge in [-0.1, -0.05) is 12.1 Å². The molecule has 0 heterocycles. The van der Waals surface area contributed by atoms with E-state index in [2.05, 4.69) is 0 Å². The predicted octanol–water partition coefficient (Wildman–Crippen LogP) is 1.65. The zero-order valence-corrected chi connectivity index (χ0v) is 10.6. The van der Waals surface area contributed by atoms with E-state index in [1.54, 1.807) is 0 Å². The molecule has 17 heavy (non-hydrogen) atoms. The third kappa shape index (κ3) is 4.07. The molecule has 4 nitrogen and oxygen atoms in total. The number of likely N-dealkylation sites (N-methyl/N-ethyl adjacent to an activating group) is 1. The van der Waals surface area contributed by atoms with Crippen LogP contribution in [0, 0.1) is 0 Å². The van der Waals surface area contributed by atoms with Crippen molar-refractivity contribution < 1.29 is 9.53 Å². The van der Waals surface area contributed by atoms with E-state index in [9.17, 15) is 4.79 Å². The van der Waals surface area contributed by atoms with Gasteiger partial charge in [-0.2, -0.15) is 0 Å². The van der Waals surface area contributed by atoms with Crippen LogP contribution in [0.1, 0.15) is 19.4 Å². The third-order valence-electron chi connectivity index (χ3n) is 2.70. The molecule has 1 aromatic carbocycles. The summed E-state index contributed by atoms with van der Waals surface area (Å²) in [5.74, 6) is -0.189. The first kappa shape index (κ1) is 13.5. The van der Waals surface area contributed by atoms with Crippen molar-refractivity contribution in [2.24, 2.45) is 0 Å². The zero-order valence-electron chi connectivity index (χ0n) is 10.6. The molecule has 1 rings (SSSR count). The van der Waals surface area contributed by atoms with Crippen LogP contribution in [-0.4, -0.2) is 30.6 Å². The van der Waals surface area contributed by atoms with Crippen molar-refractivity contribution in [2.75, 3.05) is 19.4 Å². The van der Waals surface area contributed by atoms with Gasteiger partial charge in [0.15, 0.2) is 0 Å². The SMILES string of the molecule is CCOC(=O)C(C)N(C)Cc1ccc(N)cc1. The van der Waals surface area contributed by atoms with E-state index < -0.39 is 0 Å². The lowest BCUT2D eigenvalue weighted by molar-refractivity contribution is -0.148. The first-order valence-corrected chi connectivity index (χ1v) is 5.76. The van der Waals surface area contributed by atoms with Gasteiger partial charge in [0, 0.05) is 12.2 Å². The van der Waals surface area contributed by atoms with Gasteiger partial charge in [-0.15, -0.1) is 0 Å². The van der Waals surface area contributed by atoms with E-state index in [4.69, 9.17) is 10.5 Å². The van der Waals surface area contributed by atoms with E-state index >= 15 is 0 Å². The minimum Gasteiger partial charge on any atom is -0.465 e. The second-order valence-electron chi connectivity index (χ2n) is 4.08. The van der Waals surface area contributed by atoms with Crippen LogP contribution in [0.4, 0.5) is 5.69 Å². The zero-order chi connectivity index (χ0) is 12.8. The number of nitrogens with two attached hydrogens (primary N) is 1. The minimum atomic E-state index is -0.243. The van der Waals surface area contributed by atoms with Crippen LogP contribution in [0.15, 0.2) is 24.3 Å². The molecule has 0 saturated heterocycles. The number of nitrogens with zero attached hydrogens (tertiary/aromatic N) is 1. The number of hydrogen-bond donors (Lipinski definition) is 1. The van der Waals surface area contributed by atoms with Crippen LogP contribution in [0.25, 0.3) is 0 Å². The molecule has 0 aliphatic heterocycles. The maximum absolute atomic E-state index is 11.5. The Morgan fingerprint density at radius 3 is 2.53 bits per heavy atom. The molecule has 1 aromatic rings. The fraction of sp³-hybridized carbons (Fsp3) is 0.462. The molecule has 0 spiro atoms. The van der Waals surface area contributed by atoms with Crippen LogP contribution in [0.5, 0.6) is 0 Å². The first-order valence-electron chi connectivity index (χ1n) is 5.76. The molecule has 0 radical (unpaired) electrons. The van der Waals surface area contributed by atoms with Crippen LogP contribution in [-0.2, 0) is 16.1 Å². The topological polar surface area (TPSA) is 55.6 Å². The molecular formula is C13H20N2O2. The molecule has 2 N–H and O–H groups in total. The predicted molar refractivity (Wildman–Crippen MR) is 68.4 cm³/mol. The summed E-state index contributed by atoms with van der Waals surface area (Å²) in [6.45, 7) is 4.76. The van der Waals surface area contributed by atoms with Crippen LogP contribution in [0.2, 0.25) is 0 Å². The standard InChI is InChI=1S/C13H20N2O2/c1-4-17-13(16)10(2)15(3)9-11-5-7-12(14)8-6-11/h5-8,10H,4,9,14H2,1-3H3. The smallest absolute Gasteiger partial charge is 0.323 e. The number of rotatable bonds is 5. The molecule has 1 unspecified atom stereocenters. The Labute approximate surface area is 102 Å². The fourth-order valence-corrected chi connectivity index (χ4v) is 1.49. The maximum atomic E-state index is 11.5. The lowest BCUT2D eigenvalue weighted by Crippen LogP contribution is -2.36. The maximum Gasteiger partial charge on any atom is 0.323 e. The van der Waals surface area contributed by atoms with E-state index in [-0.39, 0.29) is 12.0 Å². The van der Waals surface area contributed by atoms with Crippen LogP contribution in [0.3, 0.4) is 0 Å². The second kappa shape index (κ2) is 6.25. The summed E-state index contributed by atoms with van der Waals surface area (Å²) in [5.41, 5.74) is 7.49. The van der Waals surface area contributed by atoms with E-state index in [0.717, 1.165) is 11.3 Å². The van der Waals surface area contributed by atoms with Gasteiger partial charge in [0.25, 0.3) is 0 Å². The number of ether oxygens (including phenoxy) is 1. The van der Waals surface area contributed by atoms with E-state index in [1.165, 1.54) is 0 Å². The summed E-state index contributed by atoms with van der Waals surface area (Å²) in [7, 11) is 1.90. The number of carbonyl (C=O) groups excluding carboxylic acids is 1. The van der Waals surface area contributed by atoms with Gasteiger partial charge in [-0.25, -0.2) is 0 Å². The lowest BCUT2D eigenvalue weighted by atomic mass is 10.2. The summed E-state index contributed by atoms with van der Waals surface area (Å²) in [6.07, 6.45) is 0. The molecule has 0 amide bonds. The van der Waals surface area contributed by atoms with Crippen LogP contribution < -0.4 is 5.73 Å². The summed E-state index contributed by atoms with van der Waals surface area (Å²) in [5, 5.41) is 0. The Morgan fingerprint density at radius 1 is 1.41 bits per heavy atom. The quantitative estimate of drug-likeness (QED) is 0.624. The number of hydrogen-bond acceptors (Lipinski definition) is 4. The number of nitrogen functional groups attached to an aromatic ring is 1. The van der Waals surface area contributed by atoms with Crippen molar-refractivity contribution in [1.29, 1.82) is 0 Å². The van der Waals surface area contributed by atoms with Crippen molar-refractivity contribution in [2.45, 2.75) is 26.4 Å². The van der Waals surface area contributed by atoms with Crippen LogP contribution >= 0.6 is 0 Å². The highest BCUT2D eigenvalue weighted by molar-refractivity contribution is 5.75. The summed E-state index contributed by atoms with van der Waals surface area (Å²) in [4.78, 5) is 13.5. The molecule has 0 aromatic heterocycles. The number of anilines is 1. The van der Waals surface area contributed by atoms with Gasteiger partial charge in [-0.05, 0) is 38.6 Å². The molecule has 0 saturated carbocycles. The number of carbonyl (C=O) groups is 1. The molecule has 0 aliphatic carbocycles. The largest absolute Gasteiger partial charge is 0.465 e. The molecule has 1 atom stereocenters. The van der Waals surface area contributed by atoms with Crippen molar-refractivity contribution in [3.8, 4) is 0 Å². The summed E-state index contributed by atoms with van der Waals surface area (Å²) >= 11 is 0. The number of esters is 1. The highest BCUT2D eigenvalue weighted by Gasteiger charge is 2.18. The average molecular weight is 236 g/mol. The summed E-state index contributed by atoms with van der Waals surface area (Å²) in [6, 6.07) is 7.40. The Balaban J connectivity index is 2.56. The fourth-order valence-electron chi connectivity index (χ4n) is 1.49. The molecular weight excluding hydrogens is 216 g/mol. The van der Waals surface area contributed by atoms with Crippen molar-refractivity contribution in [3.63, 3.8) is 0 Å². The Bertz CT molecular complexity index is 362. The van der Waals surface area contributed by atoms with E-state index in [1.807, 2.05) is 50.1 Å². The van der Waals surface area contributed by atoms with Crippen molar-refractivity contribution in [1.82, 2.24) is 4.90 Å². The monoisotopic (exact) mass is 236 g/mol. The third-order valence-corrected chi connectivity index (χ3v) is 2.70. The molecule has 94 valence electrons. The van der Waals surface area contributed by atoms with Crippen molar-refractivity contribution >= 4 is 11.7 Å². The van der Waals surface area contributed by atoms with Crippen molar-refractivity contribution in [3.05, 3.63) is 29.8 Å². The van der Waals surface area contributed by atoms with Gasteiger partial charge in [0.05, 0.1) is 6.61 Å². The average Bonchev–Trinajstić information content (AvgIpc) is 2.31. The van der Waals surface area contributed by atoms with E-state index in [0.29, 0.717) is 13.2 Å². The highest BCUT2D eigenvalue weighted by atomic mass is 16.5. The minimum absolute atomic E-state index is 0.189. The number of benzene rings is 1. The Hall–Kier alpha value is -1.55. The van der Waals surface area contributed by atoms with Gasteiger partial charge >= 0.3 is 5.97 Å². The van der Waals surface area contributed by atoms with Gasteiger partial charge in [0.1, 0.15) is 6.04 Å². The molecule has 4 heteroatoms. The second-order valence-corrected chi connectivity index (χ2v) is 4.08. The molecule has 0 bridgehead atoms. The summed E-state index contributed by atoms with van der Waals surface area (Å²) < 4.78 is 4.98. The van der Waals surface area contributed by atoms with Gasteiger partial charge in [-0.3, -0.25) is 9.69 Å². The van der Waals surface area contributed by atoms with Gasteiger partial charge < -0.3 is 10.5 Å². The Kier molecular flexibility index (Phi) is 4.97. The Morgan fingerprint density at radius 2 is 2.00 bits per heavy atom. The first-order chi connectivity index (χ1) is 8.04. The molecule has 0 aliphatic rings. The highest BCUT2D eigenvalue weighted by Crippen LogP contribution is 2.10. The lowest BCUT2D eigenvalue weighted by Gasteiger charge is -2.22. The van der Waals surface area contributed by atoms with Gasteiger partial charge in [0.2, 0.25) is 0 Å².